The first-order valence-electron chi connectivity index (χ1n) is 7.52. The largest absolute Gasteiger partial charge is 0.482 e. The van der Waals surface area contributed by atoms with E-state index in [9.17, 15) is 9.59 Å². The fourth-order valence-electron chi connectivity index (χ4n) is 2.57. The molecule has 3 rings (SSSR count). The number of para-hydroxylation sites is 2. The molecule has 0 saturated heterocycles. The van der Waals surface area contributed by atoms with Crippen molar-refractivity contribution in [3.63, 3.8) is 0 Å². The summed E-state index contributed by atoms with van der Waals surface area (Å²) in [7, 11) is 0. The lowest BCUT2D eigenvalue weighted by Gasteiger charge is -2.29. The number of rotatable bonds is 4. The molecule has 2 aromatic rings. The highest BCUT2D eigenvalue weighted by Gasteiger charge is 2.24. The summed E-state index contributed by atoms with van der Waals surface area (Å²) in [4.78, 5) is 25.8. The van der Waals surface area contributed by atoms with Gasteiger partial charge in [-0.3, -0.25) is 9.59 Å². The van der Waals surface area contributed by atoms with Gasteiger partial charge in [0.15, 0.2) is 6.61 Å². The second kappa shape index (κ2) is 6.52. The molecule has 2 amide bonds. The molecule has 0 fully saturated rings. The number of hydrogen-bond acceptors (Lipinski definition) is 3. The van der Waals surface area contributed by atoms with Crippen molar-refractivity contribution in [2.24, 2.45) is 0 Å². The number of benzene rings is 2. The number of amides is 2. The van der Waals surface area contributed by atoms with Gasteiger partial charge < -0.3 is 15.0 Å². The van der Waals surface area contributed by atoms with E-state index in [1.807, 2.05) is 49.4 Å². The van der Waals surface area contributed by atoms with Crippen molar-refractivity contribution < 1.29 is 14.3 Å². The Kier molecular flexibility index (Phi) is 4.28. The van der Waals surface area contributed by atoms with Gasteiger partial charge in [-0.2, -0.15) is 0 Å². The van der Waals surface area contributed by atoms with Crippen LogP contribution in [0.4, 0.5) is 5.69 Å². The minimum absolute atomic E-state index is 0.0306. The molecular weight excluding hydrogens is 292 g/mol. The van der Waals surface area contributed by atoms with E-state index < -0.39 is 0 Å². The van der Waals surface area contributed by atoms with Gasteiger partial charge in [0.2, 0.25) is 0 Å². The maximum Gasteiger partial charge on any atom is 0.265 e. The van der Waals surface area contributed by atoms with E-state index in [2.05, 4.69) is 5.32 Å². The lowest BCUT2D eigenvalue weighted by atomic mass is 10.1. The van der Waals surface area contributed by atoms with Crippen molar-refractivity contribution >= 4 is 17.5 Å². The highest BCUT2D eigenvalue weighted by molar-refractivity contribution is 5.98. The predicted octanol–water partition coefficient (Wildman–Crippen LogP) is 2.15. The summed E-state index contributed by atoms with van der Waals surface area (Å²) in [5.41, 5.74) is 2.40. The number of fused-ring (bicyclic) bond motifs is 1. The van der Waals surface area contributed by atoms with E-state index in [0.717, 1.165) is 11.3 Å². The Balaban J connectivity index is 1.62. The lowest BCUT2D eigenvalue weighted by Crippen LogP contribution is -2.43. The average molecular weight is 310 g/mol. The summed E-state index contributed by atoms with van der Waals surface area (Å²) in [6.45, 7) is 2.77. The monoisotopic (exact) mass is 310 g/mol. The number of nitrogens with zero attached hydrogens (tertiary/aromatic N) is 1. The SMILES string of the molecule is Cc1cccc(C(=O)NCCN2C(=O)COc3ccccc32)c1. The normalized spacial score (nSPS) is 13.3. The van der Waals surface area contributed by atoms with Gasteiger partial charge in [0, 0.05) is 18.7 Å². The molecule has 0 radical (unpaired) electrons. The van der Waals surface area contributed by atoms with Gasteiger partial charge in [-0.05, 0) is 31.2 Å². The first-order valence-corrected chi connectivity index (χ1v) is 7.52. The fraction of sp³-hybridized carbons (Fsp3) is 0.222. The van der Waals surface area contributed by atoms with E-state index in [1.165, 1.54) is 0 Å². The van der Waals surface area contributed by atoms with E-state index in [4.69, 9.17) is 4.74 Å². The summed E-state index contributed by atoms with van der Waals surface area (Å²) < 4.78 is 5.40. The molecule has 0 atom stereocenters. The molecular formula is C18H18N2O3. The average Bonchev–Trinajstić information content (AvgIpc) is 2.56. The lowest BCUT2D eigenvalue weighted by molar-refractivity contribution is -0.121. The van der Waals surface area contributed by atoms with E-state index in [1.54, 1.807) is 11.0 Å². The van der Waals surface area contributed by atoms with Gasteiger partial charge in [-0.1, -0.05) is 29.8 Å². The number of carbonyl (C=O) groups is 2. The zero-order valence-corrected chi connectivity index (χ0v) is 12.9. The third-order valence-corrected chi connectivity index (χ3v) is 3.71. The molecule has 118 valence electrons. The Morgan fingerprint density at radius 2 is 2.04 bits per heavy atom. The molecule has 5 heteroatoms. The number of carbonyl (C=O) groups excluding carboxylic acids is 2. The molecule has 23 heavy (non-hydrogen) atoms. The summed E-state index contributed by atoms with van der Waals surface area (Å²) in [6.07, 6.45) is 0. The molecule has 0 bridgehead atoms. The quantitative estimate of drug-likeness (QED) is 0.941. The molecule has 1 heterocycles. The standard InChI is InChI=1S/C18H18N2O3/c1-13-5-4-6-14(11-13)18(22)19-9-10-20-15-7-2-3-8-16(15)23-12-17(20)21/h2-8,11H,9-10,12H2,1H3,(H,19,22). The second-order valence-corrected chi connectivity index (χ2v) is 5.43. The number of nitrogens with one attached hydrogen (secondary N) is 1. The first kappa shape index (κ1) is 15.1. The first-order chi connectivity index (χ1) is 11.1. The molecule has 1 N–H and O–H groups in total. The number of ether oxygens (including phenoxy) is 1. The van der Waals surface area contributed by atoms with Crippen LogP contribution in [0.5, 0.6) is 5.75 Å². The van der Waals surface area contributed by atoms with Crippen LogP contribution in [0.2, 0.25) is 0 Å². The number of hydrogen-bond donors (Lipinski definition) is 1. The van der Waals surface area contributed by atoms with Crippen molar-refractivity contribution in [2.45, 2.75) is 6.92 Å². The Bertz CT molecular complexity index is 743. The van der Waals surface area contributed by atoms with Crippen molar-refractivity contribution in [1.82, 2.24) is 5.32 Å². The van der Waals surface area contributed by atoms with Crippen LogP contribution in [-0.2, 0) is 4.79 Å². The van der Waals surface area contributed by atoms with Crippen LogP contribution in [0.25, 0.3) is 0 Å². The van der Waals surface area contributed by atoms with Crippen LogP contribution in [0, 0.1) is 6.92 Å². The van der Waals surface area contributed by atoms with Crippen LogP contribution in [-0.4, -0.2) is 31.5 Å². The van der Waals surface area contributed by atoms with Gasteiger partial charge in [0.05, 0.1) is 5.69 Å². The van der Waals surface area contributed by atoms with Crippen LogP contribution in [0.15, 0.2) is 48.5 Å². The van der Waals surface area contributed by atoms with Crippen molar-refractivity contribution in [3.8, 4) is 5.75 Å². The molecule has 1 aliphatic rings. The van der Waals surface area contributed by atoms with Crippen LogP contribution in [0.3, 0.4) is 0 Å². The van der Waals surface area contributed by atoms with Crippen LogP contribution < -0.4 is 15.0 Å². The van der Waals surface area contributed by atoms with Crippen LogP contribution in [0.1, 0.15) is 15.9 Å². The topological polar surface area (TPSA) is 58.6 Å². The van der Waals surface area contributed by atoms with Gasteiger partial charge in [0.1, 0.15) is 5.75 Å². The zero-order valence-electron chi connectivity index (χ0n) is 12.9. The number of anilines is 1. The van der Waals surface area contributed by atoms with E-state index in [0.29, 0.717) is 24.4 Å². The maximum atomic E-state index is 12.1. The van der Waals surface area contributed by atoms with E-state index in [-0.39, 0.29) is 18.4 Å². The molecule has 1 aliphatic heterocycles. The fourth-order valence-corrected chi connectivity index (χ4v) is 2.57. The summed E-state index contributed by atoms with van der Waals surface area (Å²) >= 11 is 0. The van der Waals surface area contributed by atoms with Crippen molar-refractivity contribution in [1.29, 1.82) is 0 Å². The second-order valence-electron chi connectivity index (χ2n) is 5.43. The van der Waals surface area contributed by atoms with Crippen molar-refractivity contribution in [3.05, 3.63) is 59.7 Å². The third kappa shape index (κ3) is 3.34. The molecule has 0 aliphatic carbocycles. The Morgan fingerprint density at radius 3 is 2.87 bits per heavy atom. The minimum Gasteiger partial charge on any atom is -0.482 e. The Morgan fingerprint density at radius 1 is 1.22 bits per heavy atom. The smallest absolute Gasteiger partial charge is 0.265 e. The zero-order chi connectivity index (χ0) is 16.2. The molecule has 2 aromatic carbocycles. The van der Waals surface area contributed by atoms with Gasteiger partial charge >= 0.3 is 0 Å². The third-order valence-electron chi connectivity index (χ3n) is 3.71. The van der Waals surface area contributed by atoms with Crippen molar-refractivity contribution in [2.75, 3.05) is 24.6 Å². The highest BCUT2D eigenvalue weighted by atomic mass is 16.5. The van der Waals surface area contributed by atoms with Gasteiger partial charge in [-0.25, -0.2) is 0 Å². The Hall–Kier alpha value is -2.82. The predicted molar refractivity (Wildman–Crippen MR) is 87.8 cm³/mol. The number of aryl methyl sites for hydroxylation is 1. The molecule has 0 unspecified atom stereocenters. The highest BCUT2D eigenvalue weighted by Crippen LogP contribution is 2.30. The summed E-state index contributed by atoms with van der Waals surface area (Å²) in [6, 6.07) is 14.8. The summed E-state index contributed by atoms with van der Waals surface area (Å²) in [5, 5.41) is 2.85. The molecule has 0 aromatic heterocycles. The molecule has 0 saturated carbocycles. The Labute approximate surface area is 134 Å². The summed E-state index contributed by atoms with van der Waals surface area (Å²) in [5.74, 6) is 0.452. The minimum atomic E-state index is -0.136. The molecule has 0 spiro atoms. The molecule has 5 nitrogen and oxygen atoms in total. The van der Waals surface area contributed by atoms with Gasteiger partial charge in [0.25, 0.3) is 11.8 Å². The van der Waals surface area contributed by atoms with Crippen LogP contribution >= 0.6 is 0 Å². The van der Waals surface area contributed by atoms with Gasteiger partial charge in [-0.15, -0.1) is 0 Å². The maximum absolute atomic E-state index is 12.1. The van der Waals surface area contributed by atoms with E-state index >= 15 is 0 Å².